The van der Waals surface area contributed by atoms with Gasteiger partial charge in [-0.1, -0.05) is 0 Å². The molecule has 0 radical (unpaired) electrons. The number of carbonyl (C=O) groups is 2. The van der Waals surface area contributed by atoms with Crippen LogP contribution in [0.1, 0.15) is 56.8 Å². The second-order valence-electron chi connectivity index (χ2n) is 10.1. The van der Waals surface area contributed by atoms with Crippen LogP contribution in [0, 0.1) is 25.1 Å². The maximum Gasteiger partial charge on any atom is 0.254 e. The zero-order chi connectivity index (χ0) is 25.2. The van der Waals surface area contributed by atoms with Gasteiger partial charge in [0.1, 0.15) is 17.5 Å². The Morgan fingerprint density at radius 3 is 2.69 bits per heavy atom. The van der Waals surface area contributed by atoms with Crippen molar-refractivity contribution < 1.29 is 18.7 Å². The van der Waals surface area contributed by atoms with Crippen LogP contribution < -0.4 is 15.8 Å². The van der Waals surface area contributed by atoms with Crippen LogP contribution in [-0.2, 0) is 0 Å². The molecule has 3 aromatic heterocycles. The normalized spacial score (nSPS) is 22.9. The molecule has 0 bridgehead atoms. The minimum atomic E-state index is -0.547. The smallest absolute Gasteiger partial charge is 0.254 e. The molecule has 2 aliphatic rings. The average molecular weight is 505 g/mol. The Kier molecular flexibility index (Phi) is 5.22. The Hall–Kier alpha value is -3.59. The second-order valence-corrected chi connectivity index (χ2v) is 11.4. The van der Waals surface area contributed by atoms with Crippen LogP contribution >= 0.6 is 11.3 Å². The number of aromatic nitrogens is 2. The summed E-state index contributed by atoms with van der Waals surface area (Å²) in [6.07, 6.45) is 4.90. The van der Waals surface area contributed by atoms with Crippen LogP contribution in [0.15, 0.2) is 36.5 Å². The number of nitrogens with one attached hydrogen (secondary N) is 1. The highest BCUT2D eigenvalue weighted by molar-refractivity contribution is 7.19. The van der Waals surface area contributed by atoms with Gasteiger partial charge in [0.2, 0.25) is 5.88 Å². The van der Waals surface area contributed by atoms with Crippen molar-refractivity contribution >= 4 is 44.3 Å². The molecule has 7 nitrogen and oxygen atoms in total. The summed E-state index contributed by atoms with van der Waals surface area (Å²) >= 11 is 1.59. The SMILES string of the molecule is Cc1sc2cc(C(N)=O)c(OC3CC4(CC(NC(=O)c5cnc6ccc(F)cc6c5)C4)C3)nc2c1C. The average Bonchev–Trinajstić information content (AvgIpc) is 3.07. The number of rotatable bonds is 5. The molecule has 6 rings (SSSR count). The van der Waals surface area contributed by atoms with E-state index in [-0.39, 0.29) is 29.3 Å². The van der Waals surface area contributed by atoms with E-state index in [0.717, 1.165) is 46.3 Å². The largest absolute Gasteiger partial charge is 0.474 e. The molecule has 4 aromatic rings. The highest BCUT2D eigenvalue weighted by atomic mass is 32.1. The number of ether oxygens (including phenoxy) is 1. The third-order valence-corrected chi connectivity index (χ3v) is 8.71. The second kappa shape index (κ2) is 8.23. The van der Waals surface area contributed by atoms with Gasteiger partial charge in [0.05, 0.1) is 21.3 Å². The number of aryl methyl sites for hydroxylation is 2. The number of benzene rings is 1. The summed E-state index contributed by atoms with van der Waals surface area (Å²) in [5.74, 6) is -0.802. The van der Waals surface area contributed by atoms with E-state index in [4.69, 9.17) is 10.5 Å². The van der Waals surface area contributed by atoms with Crippen LogP contribution in [0.4, 0.5) is 4.39 Å². The van der Waals surface area contributed by atoms with Crippen LogP contribution in [0.3, 0.4) is 0 Å². The van der Waals surface area contributed by atoms with Gasteiger partial charge in [-0.25, -0.2) is 9.37 Å². The van der Waals surface area contributed by atoms with Gasteiger partial charge in [-0.05, 0) is 80.8 Å². The van der Waals surface area contributed by atoms with Crippen molar-refractivity contribution in [3.63, 3.8) is 0 Å². The monoisotopic (exact) mass is 504 g/mol. The van der Waals surface area contributed by atoms with Gasteiger partial charge >= 0.3 is 0 Å². The molecule has 3 N–H and O–H groups in total. The molecule has 2 fully saturated rings. The molecule has 184 valence electrons. The van der Waals surface area contributed by atoms with Crippen LogP contribution in [-0.4, -0.2) is 33.9 Å². The van der Waals surface area contributed by atoms with Crippen molar-refractivity contribution in [2.24, 2.45) is 11.1 Å². The van der Waals surface area contributed by atoms with Crippen molar-refractivity contribution in [2.45, 2.75) is 51.7 Å². The van der Waals surface area contributed by atoms with E-state index in [9.17, 15) is 14.0 Å². The summed E-state index contributed by atoms with van der Waals surface area (Å²) in [4.78, 5) is 34.8. The molecule has 2 saturated carbocycles. The number of halogens is 1. The number of fused-ring (bicyclic) bond motifs is 2. The number of pyridine rings is 2. The number of hydrogen-bond donors (Lipinski definition) is 2. The van der Waals surface area contributed by atoms with Gasteiger partial charge < -0.3 is 15.8 Å². The maximum absolute atomic E-state index is 13.5. The third-order valence-electron chi connectivity index (χ3n) is 7.56. The first kappa shape index (κ1) is 22.8. The zero-order valence-corrected chi connectivity index (χ0v) is 20.7. The molecule has 0 saturated heterocycles. The zero-order valence-electron chi connectivity index (χ0n) is 19.9. The van der Waals surface area contributed by atoms with Gasteiger partial charge in [-0.2, -0.15) is 0 Å². The maximum atomic E-state index is 13.5. The van der Waals surface area contributed by atoms with E-state index < -0.39 is 5.91 Å². The van der Waals surface area contributed by atoms with Gasteiger partial charge in [0.25, 0.3) is 11.8 Å². The summed E-state index contributed by atoms with van der Waals surface area (Å²) in [6.45, 7) is 4.05. The molecule has 0 unspecified atom stereocenters. The molecule has 1 aromatic carbocycles. The van der Waals surface area contributed by atoms with Gasteiger partial charge in [0.15, 0.2) is 0 Å². The van der Waals surface area contributed by atoms with Crippen molar-refractivity contribution in [3.8, 4) is 5.88 Å². The number of carbonyl (C=O) groups excluding carboxylic acids is 2. The lowest BCUT2D eigenvalue weighted by Gasteiger charge is -2.57. The Balaban J connectivity index is 1.07. The molecule has 3 heterocycles. The predicted molar refractivity (Wildman–Crippen MR) is 136 cm³/mol. The molecule has 2 amide bonds. The van der Waals surface area contributed by atoms with Crippen LogP contribution in [0.25, 0.3) is 21.1 Å². The van der Waals surface area contributed by atoms with E-state index >= 15 is 0 Å². The lowest BCUT2D eigenvalue weighted by atomic mass is 9.53. The van der Waals surface area contributed by atoms with E-state index in [2.05, 4.69) is 15.3 Å². The van der Waals surface area contributed by atoms with Crippen LogP contribution in [0.2, 0.25) is 0 Å². The van der Waals surface area contributed by atoms with Gasteiger partial charge in [-0.3, -0.25) is 14.6 Å². The van der Waals surface area contributed by atoms with Gasteiger partial charge in [0, 0.05) is 22.5 Å². The molecular formula is C27H25FN4O3S. The predicted octanol–water partition coefficient (Wildman–Crippen LogP) is 4.82. The Morgan fingerprint density at radius 2 is 1.94 bits per heavy atom. The highest BCUT2D eigenvalue weighted by Gasteiger charge is 2.54. The van der Waals surface area contributed by atoms with Gasteiger partial charge in [-0.15, -0.1) is 11.3 Å². The highest BCUT2D eigenvalue weighted by Crippen LogP contribution is 2.57. The van der Waals surface area contributed by atoms with Crippen molar-refractivity contribution in [2.75, 3.05) is 0 Å². The quantitative estimate of drug-likeness (QED) is 0.405. The number of hydrogen-bond acceptors (Lipinski definition) is 6. The Labute approximate surface area is 210 Å². The summed E-state index contributed by atoms with van der Waals surface area (Å²) < 4.78 is 20.6. The fourth-order valence-corrected chi connectivity index (χ4v) is 6.61. The van der Waals surface area contributed by atoms with E-state index in [1.165, 1.54) is 18.3 Å². The first-order valence-corrected chi connectivity index (χ1v) is 12.7. The molecule has 2 aliphatic carbocycles. The molecule has 9 heteroatoms. The number of nitrogens with zero attached hydrogens (tertiary/aromatic N) is 2. The standard InChI is InChI=1S/C27H25FN4O3S/c1-13-14(2)36-22-7-20(24(29)33)26(32-23(13)22)35-19-10-27(11-19)8-18(9-27)31-25(34)16-5-15-6-17(28)3-4-21(15)30-12-16/h3-7,12,18-19H,8-11H2,1-2H3,(H2,29,33)(H,31,34). The van der Waals surface area contributed by atoms with Crippen molar-refractivity contribution in [3.05, 3.63) is 63.9 Å². The lowest BCUT2D eigenvalue weighted by molar-refractivity contribution is -0.0847. The fraction of sp³-hybridized carbons (Fsp3) is 0.333. The third kappa shape index (κ3) is 3.87. The first-order valence-electron chi connectivity index (χ1n) is 11.9. The summed E-state index contributed by atoms with van der Waals surface area (Å²) in [5.41, 5.74) is 9.07. The lowest BCUT2D eigenvalue weighted by Crippen LogP contribution is -2.58. The molecule has 0 atom stereocenters. The minimum absolute atomic E-state index is 0.0377. The summed E-state index contributed by atoms with van der Waals surface area (Å²) in [6, 6.07) is 7.85. The van der Waals surface area contributed by atoms with Crippen LogP contribution in [0.5, 0.6) is 5.88 Å². The number of amides is 2. The number of primary amides is 1. The van der Waals surface area contributed by atoms with E-state index in [0.29, 0.717) is 27.9 Å². The summed E-state index contributed by atoms with van der Waals surface area (Å²) in [7, 11) is 0. The minimum Gasteiger partial charge on any atom is -0.474 e. The molecule has 36 heavy (non-hydrogen) atoms. The number of thiophene rings is 1. The van der Waals surface area contributed by atoms with E-state index in [1.54, 1.807) is 29.5 Å². The topological polar surface area (TPSA) is 107 Å². The number of nitrogens with two attached hydrogens (primary N) is 1. The van der Waals surface area contributed by atoms with E-state index in [1.807, 2.05) is 13.8 Å². The van der Waals surface area contributed by atoms with Crippen molar-refractivity contribution in [1.29, 1.82) is 0 Å². The fourth-order valence-electron chi connectivity index (χ4n) is 5.56. The molecule has 1 spiro atoms. The molecular weight excluding hydrogens is 479 g/mol. The summed E-state index contributed by atoms with van der Waals surface area (Å²) in [5, 5.41) is 3.67. The molecule has 0 aliphatic heterocycles. The Morgan fingerprint density at radius 1 is 1.17 bits per heavy atom. The first-order chi connectivity index (χ1) is 17.2. The Bertz CT molecular complexity index is 1550. The van der Waals surface area contributed by atoms with Crippen molar-refractivity contribution in [1.82, 2.24) is 15.3 Å².